The van der Waals surface area contributed by atoms with Gasteiger partial charge in [0.15, 0.2) is 12.3 Å². The molecule has 0 saturated heterocycles. The summed E-state index contributed by atoms with van der Waals surface area (Å²) < 4.78 is 18.7. The van der Waals surface area contributed by atoms with Crippen LogP contribution in [0.15, 0.2) is 53.8 Å². The topological polar surface area (TPSA) is 57.6 Å². The van der Waals surface area contributed by atoms with Crippen molar-refractivity contribution in [1.29, 1.82) is 0 Å². The van der Waals surface area contributed by atoms with Crippen molar-refractivity contribution in [2.24, 2.45) is 12.5 Å². The first kappa shape index (κ1) is 19.6. The van der Waals surface area contributed by atoms with Crippen molar-refractivity contribution in [3.63, 3.8) is 0 Å². The molecule has 3 heterocycles. The summed E-state index contributed by atoms with van der Waals surface area (Å²) in [6.07, 6.45) is 12.3. The monoisotopic (exact) mass is 461 g/mol. The number of pyridine rings is 1. The zero-order valence-electron chi connectivity index (χ0n) is 18.4. The van der Waals surface area contributed by atoms with Crippen molar-refractivity contribution in [2.75, 3.05) is 0 Å². The Kier molecular flexibility index (Phi) is 3.91. The molecule has 0 aliphatic heterocycles. The molecule has 0 bridgehead atoms. The van der Waals surface area contributed by atoms with Gasteiger partial charge in [0, 0.05) is 30.5 Å². The number of hydrogen-bond donors (Lipinski definition) is 0. The third-order valence-electron chi connectivity index (χ3n) is 8.07. The number of aromatic nitrogens is 5. The average Bonchev–Trinajstić information content (AvgIpc) is 3.71. The van der Waals surface area contributed by atoms with Crippen LogP contribution in [-0.4, -0.2) is 23.3 Å². The lowest BCUT2D eigenvalue weighted by Crippen LogP contribution is -2.45. The Balaban J connectivity index is 1.41. The predicted molar refractivity (Wildman–Crippen MR) is 126 cm³/mol. The minimum Gasteiger partial charge on any atom is -0.320 e. The Labute approximate surface area is 194 Å². The summed E-state index contributed by atoms with van der Waals surface area (Å²) in [7, 11) is 2.00. The molecular weight excluding hydrogens is 437 g/mol. The smallest absolute Gasteiger partial charge is 0.280 e. The van der Waals surface area contributed by atoms with E-state index in [0.29, 0.717) is 16.8 Å². The highest BCUT2D eigenvalue weighted by molar-refractivity contribution is 7.92. The van der Waals surface area contributed by atoms with Gasteiger partial charge in [0.2, 0.25) is 0 Å². The fraction of sp³-hybridized carbons (Fsp3) is 0.400. The van der Waals surface area contributed by atoms with Gasteiger partial charge in [0.25, 0.3) is 5.56 Å². The molecule has 0 N–H and O–H groups in total. The van der Waals surface area contributed by atoms with Crippen LogP contribution < -0.4 is 5.56 Å². The molecule has 0 atom stereocenters. The second kappa shape index (κ2) is 6.59. The molecule has 3 aliphatic carbocycles. The summed E-state index contributed by atoms with van der Waals surface area (Å²) in [4.78, 5) is 13.5. The number of hydrogen-bond acceptors (Lipinski definition) is 4. The lowest BCUT2D eigenvalue weighted by Gasteiger charge is -2.48. The lowest BCUT2D eigenvalue weighted by molar-refractivity contribution is 0.145. The van der Waals surface area contributed by atoms with E-state index in [1.165, 1.54) is 22.4 Å². The van der Waals surface area contributed by atoms with E-state index in [-0.39, 0.29) is 23.3 Å². The van der Waals surface area contributed by atoms with Crippen molar-refractivity contribution in [2.45, 2.75) is 49.9 Å². The Bertz CT molecular complexity index is 1470. The van der Waals surface area contributed by atoms with Crippen LogP contribution in [0.1, 0.15) is 61.4 Å². The zero-order chi connectivity index (χ0) is 22.4. The van der Waals surface area contributed by atoms with E-state index in [9.17, 15) is 8.68 Å². The number of benzene rings is 1. The first-order valence-electron chi connectivity index (χ1n) is 11.5. The molecule has 168 valence electrons. The largest absolute Gasteiger partial charge is 0.320 e. The molecule has 33 heavy (non-hydrogen) atoms. The molecule has 3 saturated carbocycles. The molecule has 1 aromatic carbocycles. The van der Waals surface area contributed by atoms with Crippen LogP contribution in [0.25, 0.3) is 16.6 Å². The van der Waals surface area contributed by atoms with Crippen molar-refractivity contribution >= 4 is 23.2 Å². The van der Waals surface area contributed by atoms with Crippen molar-refractivity contribution in [1.82, 2.24) is 23.3 Å². The Morgan fingerprint density at radius 1 is 1.18 bits per heavy atom. The zero-order valence-corrected chi connectivity index (χ0v) is 19.2. The van der Waals surface area contributed by atoms with Crippen LogP contribution in [0.5, 0.6) is 0 Å². The van der Waals surface area contributed by atoms with Gasteiger partial charge in [0.05, 0.1) is 5.41 Å². The summed E-state index contributed by atoms with van der Waals surface area (Å²) in [5.41, 5.74) is 3.62. The first-order chi connectivity index (χ1) is 16.0. The third-order valence-corrected chi connectivity index (χ3v) is 8.52. The number of nitrogens with zero attached hydrogens (tertiary/aromatic N) is 5. The molecule has 3 aromatic heterocycles. The van der Waals surface area contributed by atoms with E-state index in [4.69, 9.17) is 0 Å². The van der Waals surface area contributed by atoms with Gasteiger partial charge in [0.1, 0.15) is 17.7 Å². The average molecular weight is 462 g/mol. The lowest BCUT2D eigenvalue weighted by atomic mass is 9.56. The molecule has 4 aromatic rings. The number of fused-ring (bicyclic) bond motifs is 1. The highest BCUT2D eigenvalue weighted by Gasteiger charge is 2.63. The van der Waals surface area contributed by atoms with E-state index in [1.54, 1.807) is 17.1 Å². The second-order valence-electron chi connectivity index (χ2n) is 10.3. The highest BCUT2D eigenvalue weighted by Crippen LogP contribution is 2.70. The van der Waals surface area contributed by atoms with Crippen molar-refractivity contribution < 1.29 is 3.89 Å². The van der Waals surface area contributed by atoms with Crippen LogP contribution in [0.3, 0.4) is 0 Å². The van der Waals surface area contributed by atoms with E-state index in [1.807, 2.05) is 36.0 Å². The fourth-order valence-corrected chi connectivity index (χ4v) is 6.48. The maximum atomic E-state index is 13.6. The van der Waals surface area contributed by atoms with E-state index in [0.717, 1.165) is 48.1 Å². The Hall–Kier alpha value is -2.87. The predicted octanol–water partition coefficient (Wildman–Crippen LogP) is 5.04. The molecule has 6 nitrogen and oxygen atoms in total. The van der Waals surface area contributed by atoms with Gasteiger partial charge in [-0.3, -0.25) is 13.3 Å². The molecule has 1 spiro atoms. The van der Waals surface area contributed by atoms with Gasteiger partial charge in [-0.1, -0.05) is 12.1 Å². The van der Waals surface area contributed by atoms with Crippen LogP contribution in [0.4, 0.5) is 3.89 Å². The maximum Gasteiger partial charge on any atom is 0.280 e. The highest BCUT2D eigenvalue weighted by atomic mass is 32.2. The molecule has 8 heteroatoms. The van der Waals surface area contributed by atoms with E-state index < -0.39 is 0 Å². The summed E-state index contributed by atoms with van der Waals surface area (Å²) in [6.45, 7) is 0. The second-order valence-corrected chi connectivity index (χ2v) is 10.8. The van der Waals surface area contributed by atoms with Crippen LogP contribution >= 0.6 is 12.3 Å². The summed E-state index contributed by atoms with van der Waals surface area (Å²) in [5, 5.41) is 9.53. The molecule has 0 unspecified atom stereocenters. The first-order valence-corrected chi connectivity index (χ1v) is 12.2. The minimum absolute atomic E-state index is 0.0759. The molecule has 0 radical (unpaired) electrons. The van der Waals surface area contributed by atoms with E-state index in [2.05, 4.69) is 22.3 Å². The summed E-state index contributed by atoms with van der Waals surface area (Å²) in [6, 6.07) is 10.1. The van der Waals surface area contributed by atoms with Crippen LogP contribution in [-0.2, 0) is 12.5 Å². The quantitative estimate of drug-likeness (QED) is 0.418. The van der Waals surface area contributed by atoms with Crippen molar-refractivity contribution in [3.8, 4) is 5.69 Å². The molecular formula is C25H24FN5OS. The maximum absolute atomic E-state index is 13.6. The van der Waals surface area contributed by atoms with Gasteiger partial charge in [-0.25, -0.2) is 0 Å². The Morgan fingerprint density at radius 2 is 2.00 bits per heavy atom. The minimum atomic E-state index is -0.193. The number of aryl methyl sites for hydroxylation is 1. The van der Waals surface area contributed by atoms with Gasteiger partial charge in [-0.05, 0) is 79.2 Å². The van der Waals surface area contributed by atoms with Gasteiger partial charge in [-0.15, -0.1) is 14.1 Å². The normalized spacial score (nSPS) is 20.3. The fourth-order valence-electron chi connectivity index (χ4n) is 6.13. The third kappa shape index (κ3) is 2.76. The standard InChI is InChI=1S/C25H24FN5OS/c1-29-15-27-28-23(29)25(13-24(14-25)8-9-24)17-3-2-4-18(11-17)30-12-20(16-5-6-16)19-7-10-31(33-26)21(19)22(30)32/h2-4,7,10-12,15-16H,5-6,8-9,13-14H2,1H3. The number of rotatable bonds is 5. The summed E-state index contributed by atoms with van der Waals surface area (Å²) in [5.74, 6) is 1.43. The van der Waals surface area contributed by atoms with Gasteiger partial charge >= 0.3 is 0 Å². The van der Waals surface area contributed by atoms with Gasteiger partial charge < -0.3 is 4.57 Å². The molecule has 3 fully saturated rings. The van der Waals surface area contributed by atoms with Crippen LogP contribution in [0.2, 0.25) is 0 Å². The van der Waals surface area contributed by atoms with Crippen molar-refractivity contribution in [3.05, 3.63) is 76.4 Å². The van der Waals surface area contributed by atoms with E-state index >= 15 is 0 Å². The SMILES string of the molecule is Cn1cnnc1C1(c2cccc(-n3cc(C4CC4)c4ccn(SF)c4c3=O)c2)CC2(CC2)C1. The van der Waals surface area contributed by atoms with Gasteiger partial charge in [-0.2, -0.15) is 0 Å². The molecule has 7 rings (SSSR count). The summed E-state index contributed by atoms with van der Waals surface area (Å²) >= 11 is 0.0759. The molecule has 3 aliphatic rings. The molecule has 0 amide bonds. The Morgan fingerprint density at radius 3 is 2.67 bits per heavy atom. The van der Waals surface area contributed by atoms with Crippen LogP contribution in [0, 0.1) is 5.41 Å². The number of halogens is 1.